The lowest BCUT2D eigenvalue weighted by Crippen LogP contribution is -2.37. The second kappa shape index (κ2) is 8.09. The number of rotatable bonds is 7. The molecule has 1 N–H and O–H groups in total. The first-order valence-corrected chi connectivity index (χ1v) is 9.66. The van der Waals surface area contributed by atoms with Crippen molar-refractivity contribution in [3.8, 4) is 11.5 Å². The van der Waals surface area contributed by atoms with Crippen LogP contribution < -0.4 is 19.1 Å². The Bertz CT molecular complexity index is 896. The van der Waals surface area contributed by atoms with Crippen LogP contribution in [0, 0.1) is 6.92 Å². The average molecular weight is 378 g/mol. The van der Waals surface area contributed by atoms with Crippen molar-refractivity contribution in [2.75, 3.05) is 36.6 Å². The van der Waals surface area contributed by atoms with E-state index in [0.717, 1.165) is 16.1 Å². The van der Waals surface area contributed by atoms with E-state index in [2.05, 4.69) is 5.32 Å². The van der Waals surface area contributed by atoms with E-state index in [9.17, 15) is 13.2 Å². The molecule has 0 radical (unpaired) electrons. The highest BCUT2D eigenvalue weighted by atomic mass is 32.2. The molecule has 8 heteroatoms. The van der Waals surface area contributed by atoms with Crippen LogP contribution in [-0.2, 0) is 14.8 Å². The van der Waals surface area contributed by atoms with Crippen LogP contribution in [0.4, 0.5) is 11.4 Å². The minimum Gasteiger partial charge on any atom is -0.493 e. The Morgan fingerprint density at radius 2 is 1.73 bits per heavy atom. The largest absolute Gasteiger partial charge is 0.493 e. The molecule has 0 atom stereocenters. The van der Waals surface area contributed by atoms with Crippen LogP contribution in [0.25, 0.3) is 0 Å². The van der Waals surface area contributed by atoms with Gasteiger partial charge < -0.3 is 14.8 Å². The van der Waals surface area contributed by atoms with Gasteiger partial charge in [0, 0.05) is 11.8 Å². The molecule has 0 heterocycles. The van der Waals surface area contributed by atoms with Crippen molar-refractivity contribution in [3.05, 3.63) is 48.0 Å². The molecule has 0 aliphatic carbocycles. The van der Waals surface area contributed by atoms with E-state index in [1.54, 1.807) is 24.3 Å². The number of sulfonamides is 1. The minimum absolute atomic E-state index is 0.310. The zero-order chi connectivity index (χ0) is 19.3. The first kappa shape index (κ1) is 19.6. The summed E-state index contributed by atoms with van der Waals surface area (Å²) in [4.78, 5) is 12.4. The highest BCUT2D eigenvalue weighted by Gasteiger charge is 2.22. The molecule has 0 aliphatic rings. The molecule has 0 fully saturated rings. The number of para-hydroxylation sites is 1. The fourth-order valence-electron chi connectivity index (χ4n) is 2.41. The third-order valence-corrected chi connectivity index (χ3v) is 4.90. The summed E-state index contributed by atoms with van der Waals surface area (Å²) in [5.74, 6) is 0.395. The molecule has 2 aromatic carbocycles. The smallest absolute Gasteiger partial charge is 0.245 e. The number of amides is 1. The van der Waals surface area contributed by atoms with Gasteiger partial charge in [-0.3, -0.25) is 9.10 Å². The van der Waals surface area contributed by atoms with Crippen LogP contribution in [0.15, 0.2) is 42.5 Å². The first-order chi connectivity index (χ1) is 12.3. The van der Waals surface area contributed by atoms with Crippen LogP contribution >= 0.6 is 0 Å². The van der Waals surface area contributed by atoms with Crippen molar-refractivity contribution in [2.24, 2.45) is 0 Å². The quantitative estimate of drug-likeness (QED) is 0.800. The molecule has 0 saturated heterocycles. The van der Waals surface area contributed by atoms with Gasteiger partial charge in [0.1, 0.15) is 6.54 Å². The number of nitrogens with zero attached hydrogens (tertiary/aromatic N) is 1. The summed E-state index contributed by atoms with van der Waals surface area (Å²) in [7, 11) is -0.741. The maximum absolute atomic E-state index is 12.4. The summed E-state index contributed by atoms with van der Waals surface area (Å²) >= 11 is 0. The second-order valence-corrected chi connectivity index (χ2v) is 7.58. The molecule has 0 aromatic heterocycles. The summed E-state index contributed by atoms with van der Waals surface area (Å²) in [5, 5.41) is 2.73. The van der Waals surface area contributed by atoms with Crippen LogP contribution in [0.2, 0.25) is 0 Å². The average Bonchev–Trinajstić information content (AvgIpc) is 2.60. The molecule has 0 unspecified atom stereocenters. The van der Waals surface area contributed by atoms with Crippen LogP contribution in [-0.4, -0.2) is 41.3 Å². The predicted molar refractivity (Wildman–Crippen MR) is 102 cm³/mol. The molecule has 1 amide bonds. The Kier molecular flexibility index (Phi) is 6.10. The Morgan fingerprint density at radius 1 is 1.08 bits per heavy atom. The number of ether oxygens (including phenoxy) is 2. The Hall–Kier alpha value is -2.74. The number of hydrogen-bond acceptors (Lipinski definition) is 5. The number of aryl methyl sites for hydroxylation is 1. The van der Waals surface area contributed by atoms with E-state index in [1.807, 2.05) is 19.1 Å². The Morgan fingerprint density at radius 3 is 2.31 bits per heavy atom. The van der Waals surface area contributed by atoms with E-state index in [-0.39, 0.29) is 6.54 Å². The third-order valence-electron chi connectivity index (χ3n) is 3.76. The number of methoxy groups -OCH3 is 2. The standard InChI is InChI=1S/C18H22N2O5S/c1-13-7-5-6-8-15(13)19-18(21)12-20(26(4,22)23)14-9-10-16(24-2)17(11-14)25-3/h5-11H,12H2,1-4H3,(H,19,21). The van der Waals surface area contributed by atoms with Gasteiger partial charge in [0.15, 0.2) is 11.5 Å². The summed E-state index contributed by atoms with van der Waals surface area (Å²) < 4.78 is 35.8. The topological polar surface area (TPSA) is 84.9 Å². The van der Waals surface area contributed by atoms with Crippen molar-refractivity contribution < 1.29 is 22.7 Å². The number of carbonyl (C=O) groups is 1. The van der Waals surface area contributed by atoms with Gasteiger partial charge in [-0.25, -0.2) is 8.42 Å². The van der Waals surface area contributed by atoms with Crippen molar-refractivity contribution in [1.82, 2.24) is 0 Å². The van der Waals surface area contributed by atoms with Gasteiger partial charge in [-0.15, -0.1) is 0 Å². The predicted octanol–water partition coefficient (Wildman–Crippen LogP) is 2.42. The fraction of sp³-hybridized carbons (Fsp3) is 0.278. The van der Waals surface area contributed by atoms with E-state index < -0.39 is 15.9 Å². The summed E-state index contributed by atoms with van der Waals surface area (Å²) in [6.07, 6.45) is 1.05. The zero-order valence-electron chi connectivity index (χ0n) is 15.1. The number of anilines is 2. The zero-order valence-corrected chi connectivity index (χ0v) is 16.0. The molecule has 2 aromatic rings. The fourth-order valence-corrected chi connectivity index (χ4v) is 3.26. The van der Waals surface area contributed by atoms with Gasteiger partial charge in [0.05, 0.1) is 26.2 Å². The van der Waals surface area contributed by atoms with E-state index in [1.165, 1.54) is 20.3 Å². The van der Waals surface area contributed by atoms with Gasteiger partial charge >= 0.3 is 0 Å². The maximum atomic E-state index is 12.4. The lowest BCUT2D eigenvalue weighted by Gasteiger charge is -2.23. The molecule has 26 heavy (non-hydrogen) atoms. The van der Waals surface area contributed by atoms with Crippen molar-refractivity contribution in [2.45, 2.75) is 6.92 Å². The second-order valence-electron chi connectivity index (χ2n) is 5.67. The lowest BCUT2D eigenvalue weighted by atomic mass is 10.2. The molecule has 2 rings (SSSR count). The van der Waals surface area contributed by atoms with E-state index >= 15 is 0 Å². The molecule has 0 aliphatic heterocycles. The first-order valence-electron chi connectivity index (χ1n) is 7.81. The molecular formula is C18H22N2O5S. The maximum Gasteiger partial charge on any atom is 0.245 e. The molecule has 0 saturated carbocycles. The molecule has 0 bridgehead atoms. The normalized spacial score (nSPS) is 10.9. The SMILES string of the molecule is COc1ccc(N(CC(=O)Nc2ccccc2C)S(C)(=O)=O)cc1OC. The highest BCUT2D eigenvalue weighted by Crippen LogP contribution is 2.32. The lowest BCUT2D eigenvalue weighted by molar-refractivity contribution is -0.114. The summed E-state index contributed by atoms with van der Waals surface area (Å²) in [5.41, 5.74) is 1.83. The van der Waals surface area contributed by atoms with Crippen LogP contribution in [0.1, 0.15) is 5.56 Å². The third kappa shape index (κ3) is 4.66. The number of hydrogen-bond donors (Lipinski definition) is 1. The summed E-state index contributed by atoms with van der Waals surface area (Å²) in [6, 6.07) is 11.9. The van der Waals surface area contributed by atoms with Crippen molar-refractivity contribution >= 4 is 27.3 Å². The molecule has 0 spiro atoms. The van der Waals surface area contributed by atoms with E-state index in [4.69, 9.17) is 9.47 Å². The number of benzene rings is 2. The summed E-state index contributed by atoms with van der Waals surface area (Å²) in [6.45, 7) is 1.50. The van der Waals surface area contributed by atoms with E-state index in [0.29, 0.717) is 22.9 Å². The highest BCUT2D eigenvalue weighted by molar-refractivity contribution is 7.92. The van der Waals surface area contributed by atoms with Gasteiger partial charge in [0.2, 0.25) is 15.9 Å². The van der Waals surface area contributed by atoms with Crippen molar-refractivity contribution in [1.29, 1.82) is 0 Å². The number of carbonyl (C=O) groups excluding carboxylic acids is 1. The van der Waals surface area contributed by atoms with Gasteiger partial charge in [-0.05, 0) is 30.7 Å². The molecular weight excluding hydrogens is 356 g/mol. The van der Waals surface area contributed by atoms with Crippen molar-refractivity contribution in [3.63, 3.8) is 0 Å². The Labute approximate surface area is 153 Å². The van der Waals surface area contributed by atoms with Crippen LogP contribution in [0.3, 0.4) is 0 Å². The minimum atomic E-state index is -3.68. The van der Waals surface area contributed by atoms with Gasteiger partial charge in [0.25, 0.3) is 0 Å². The Balaban J connectivity index is 2.29. The molecule has 140 valence electrons. The van der Waals surface area contributed by atoms with Gasteiger partial charge in [-0.1, -0.05) is 18.2 Å². The van der Waals surface area contributed by atoms with Gasteiger partial charge in [-0.2, -0.15) is 0 Å². The molecule has 7 nitrogen and oxygen atoms in total. The monoisotopic (exact) mass is 378 g/mol. The van der Waals surface area contributed by atoms with Crippen LogP contribution in [0.5, 0.6) is 11.5 Å². The number of nitrogens with one attached hydrogen (secondary N) is 1.